The maximum Gasteiger partial charge on any atom is 0.194 e. The predicted molar refractivity (Wildman–Crippen MR) is 118 cm³/mol. The fraction of sp³-hybridized carbons (Fsp3) is 0.350. The van der Waals surface area contributed by atoms with Gasteiger partial charge in [0, 0.05) is 20.1 Å². The van der Waals surface area contributed by atoms with Gasteiger partial charge < -0.3 is 20.1 Å². The van der Waals surface area contributed by atoms with Crippen LogP contribution in [0.5, 0.6) is 11.5 Å². The summed E-state index contributed by atoms with van der Waals surface area (Å²) in [4.78, 5) is 6.79. The molecule has 6 heteroatoms. The van der Waals surface area contributed by atoms with E-state index < -0.39 is 0 Å². The van der Waals surface area contributed by atoms with Crippen molar-refractivity contribution in [2.24, 2.45) is 4.99 Å². The Hall–Kier alpha value is -1.96. The van der Waals surface area contributed by atoms with Crippen molar-refractivity contribution in [2.75, 3.05) is 20.7 Å². The normalized spacial score (nSPS) is 10.8. The van der Waals surface area contributed by atoms with Gasteiger partial charge in [-0.15, -0.1) is 24.0 Å². The number of hydrogen-bond acceptors (Lipinski definition) is 3. The van der Waals surface area contributed by atoms with Gasteiger partial charge >= 0.3 is 0 Å². The lowest BCUT2D eigenvalue weighted by atomic mass is 10.1. The average molecular weight is 469 g/mol. The van der Waals surface area contributed by atoms with E-state index in [1.165, 1.54) is 18.2 Å². The number of guanidine groups is 1. The summed E-state index contributed by atoms with van der Waals surface area (Å²) in [7, 11) is 3.57. The van der Waals surface area contributed by atoms with Crippen LogP contribution < -0.4 is 10.1 Å². The number of aliphatic imine (C=N–C) groups is 1. The molecule has 2 aromatic rings. The molecule has 0 bridgehead atoms. The van der Waals surface area contributed by atoms with E-state index in [9.17, 15) is 5.11 Å². The van der Waals surface area contributed by atoms with Crippen LogP contribution in [0.4, 0.5) is 0 Å². The quantitative estimate of drug-likeness (QED) is 0.383. The van der Waals surface area contributed by atoms with Crippen LogP contribution >= 0.6 is 24.0 Å². The standard InChI is InChI=1S/C20H27N3O2.HI/c1-5-21-20(23(3)14-17-9-7-6-8-15(17)2)22-13-16-10-11-19(25-4)18(24)12-16;/h6-12,24H,5,13-14H2,1-4H3,(H,21,22);1H. The Morgan fingerprint density at radius 2 is 1.96 bits per heavy atom. The van der Waals surface area contributed by atoms with Crippen LogP contribution in [-0.2, 0) is 13.1 Å². The third-order valence-corrected chi connectivity index (χ3v) is 4.02. The molecule has 0 atom stereocenters. The molecule has 2 aromatic carbocycles. The maximum atomic E-state index is 9.89. The van der Waals surface area contributed by atoms with Crippen LogP contribution in [0.15, 0.2) is 47.5 Å². The fourth-order valence-electron chi connectivity index (χ4n) is 2.59. The van der Waals surface area contributed by atoms with Crippen molar-refractivity contribution in [2.45, 2.75) is 26.9 Å². The topological polar surface area (TPSA) is 57.1 Å². The monoisotopic (exact) mass is 469 g/mol. The Kier molecular flexibility index (Phi) is 9.26. The number of phenolic OH excluding ortho intramolecular Hbond substituents is 1. The molecule has 0 aliphatic heterocycles. The highest BCUT2D eigenvalue weighted by Crippen LogP contribution is 2.26. The minimum atomic E-state index is 0. The van der Waals surface area contributed by atoms with E-state index in [-0.39, 0.29) is 29.7 Å². The molecular weight excluding hydrogens is 441 g/mol. The van der Waals surface area contributed by atoms with Gasteiger partial charge in [0.25, 0.3) is 0 Å². The third-order valence-electron chi connectivity index (χ3n) is 4.02. The van der Waals surface area contributed by atoms with Crippen molar-refractivity contribution < 1.29 is 9.84 Å². The molecule has 0 fully saturated rings. The second-order valence-electron chi connectivity index (χ2n) is 5.96. The zero-order chi connectivity index (χ0) is 18.2. The van der Waals surface area contributed by atoms with Gasteiger partial charge in [-0.05, 0) is 42.7 Å². The van der Waals surface area contributed by atoms with Crippen molar-refractivity contribution in [3.63, 3.8) is 0 Å². The summed E-state index contributed by atoms with van der Waals surface area (Å²) in [6.07, 6.45) is 0. The van der Waals surface area contributed by atoms with Crippen molar-refractivity contribution in [3.8, 4) is 11.5 Å². The molecule has 0 aromatic heterocycles. The smallest absolute Gasteiger partial charge is 0.194 e. The Morgan fingerprint density at radius 1 is 1.23 bits per heavy atom. The van der Waals surface area contributed by atoms with Gasteiger partial charge in [-0.3, -0.25) is 0 Å². The molecule has 0 spiro atoms. The minimum absolute atomic E-state index is 0. The summed E-state index contributed by atoms with van der Waals surface area (Å²) in [5.74, 6) is 1.44. The number of nitrogens with zero attached hydrogens (tertiary/aromatic N) is 2. The number of phenols is 1. The first kappa shape index (κ1) is 22.1. The molecule has 142 valence electrons. The summed E-state index contributed by atoms with van der Waals surface area (Å²) >= 11 is 0. The first-order valence-electron chi connectivity index (χ1n) is 8.45. The van der Waals surface area contributed by atoms with Gasteiger partial charge in [-0.1, -0.05) is 30.3 Å². The van der Waals surface area contributed by atoms with Gasteiger partial charge in [0.2, 0.25) is 0 Å². The first-order valence-corrected chi connectivity index (χ1v) is 8.45. The number of ether oxygens (including phenoxy) is 1. The Bertz CT molecular complexity index is 735. The van der Waals surface area contributed by atoms with Gasteiger partial charge in [0.05, 0.1) is 13.7 Å². The molecule has 0 aliphatic rings. The molecule has 0 saturated heterocycles. The summed E-state index contributed by atoms with van der Waals surface area (Å²) in [6.45, 7) is 6.24. The van der Waals surface area contributed by atoms with Crippen LogP contribution in [-0.4, -0.2) is 36.7 Å². The lowest BCUT2D eigenvalue weighted by molar-refractivity contribution is 0.373. The molecular formula is C20H28IN3O2. The van der Waals surface area contributed by atoms with Crippen molar-refractivity contribution in [1.82, 2.24) is 10.2 Å². The molecule has 0 heterocycles. The highest BCUT2D eigenvalue weighted by Gasteiger charge is 2.08. The lowest BCUT2D eigenvalue weighted by Gasteiger charge is -2.23. The average Bonchev–Trinajstić information content (AvgIpc) is 2.60. The van der Waals surface area contributed by atoms with Crippen LogP contribution in [0, 0.1) is 6.92 Å². The van der Waals surface area contributed by atoms with E-state index >= 15 is 0 Å². The number of methoxy groups -OCH3 is 1. The Labute approximate surface area is 173 Å². The van der Waals surface area contributed by atoms with E-state index in [1.54, 1.807) is 12.1 Å². The Morgan fingerprint density at radius 3 is 2.58 bits per heavy atom. The first-order chi connectivity index (χ1) is 12.0. The number of benzene rings is 2. The second kappa shape index (κ2) is 10.9. The van der Waals surface area contributed by atoms with E-state index in [4.69, 9.17) is 4.74 Å². The van der Waals surface area contributed by atoms with E-state index in [1.807, 2.05) is 19.2 Å². The van der Waals surface area contributed by atoms with Crippen molar-refractivity contribution in [1.29, 1.82) is 0 Å². The number of hydrogen-bond donors (Lipinski definition) is 2. The summed E-state index contributed by atoms with van der Waals surface area (Å²) < 4.78 is 5.07. The zero-order valence-corrected chi connectivity index (χ0v) is 18.2. The largest absolute Gasteiger partial charge is 0.504 e. The maximum absolute atomic E-state index is 9.89. The van der Waals surface area contributed by atoms with Crippen molar-refractivity contribution >= 4 is 29.9 Å². The summed E-state index contributed by atoms with van der Waals surface area (Å²) in [5, 5.41) is 13.2. The van der Waals surface area contributed by atoms with Crippen LogP contribution in [0.25, 0.3) is 0 Å². The van der Waals surface area contributed by atoms with E-state index in [0.29, 0.717) is 12.3 Å². The van der Waals surface area contributed by atoms with Gasteiger partial charge in [-0.2, -0.15) is 0 Å². The minimum Gasteiger partial charge on any atom is -0.504 e. The van der Waals surface area contributed by atoms with Crippen LogP contribution in [0.3, 0.4) is 0 Å². The predicted octanol–water partition coefficient (Wildman–Crippen LogP) is 3.92. The summed E-state index contributed by atoms with van der Waals surface area (Å²) in [6, 6.07) is 13.7. The number of aromatic hydroxyl groups is 1. The highest BCUT2D eigenvalue weighted by molar-refractivity contribution is 14.0. The molecule has 5 nitrogen and oxygen atoms in total. The zero-order valence-electron chi connectivity index (χ0n) is 15.8. The van der Waals surface area contributed by atoms with Crippen LogP contribution in [0.2, 0.25) is 0 Å². The van der Waals surface area contributed by atoms with Gasteiger partial charge in [0.1, 0.15) is 0 Å². The molecule has 0 radical (unpaired) electrons. The van der Waals surface area contributed by atoms with E-state index in [2.05, 4.69) is 47.3 Å². The molecule has 26 heavy (non-hydrogen) atoms. The molecule has 0 unspecified atom stereocenters. The number of nitrogens with one attached hydrogen (secondary N) is 1. The molecule has 2 N–H and O–H groups in total. The Balaban J connectivity index is 0.00000338. The number of rotatable bonds is 6. The molecule has 2 rings (SSSR count). The van der Waals surface area contributed by atoms with Gasteiger partial charge in [-0.25, -0.2) is 4.99 Å². The van der Waals surface area contributed by atoms with Crippen LogP contribution in [0.1, 0.15) is 23.6 Å². The molecule has 0 saturated carbocycles. The third kappa shape index (κ3) is 6.09. The summed E-state index contributed by atoms with van der Waals surface area (Å²) in [5.41, 5.74) is 3.47. The molecule has 0 aliphatic carbocycles. The number of aryl methyl sites for hydroxylation is 1. The molecule has 0 amide bonds. The van der Waals surface area contributed by atoms with Gasteiger partial charge in [0.15, 0.2) is 17.5 Å². The lowest BCUT2D eigenvalue weighted by Crippen LogP contribution is -2.38. The second-order valence-corrected chi connectivity index (χ2v) is 5.96. The SMILES string of the molecule is CCNC(=NCc1ccc(OC)c(O)c1)N(C)Cc1ccccc1C.I. The highest BCUT2D eigenvalue weighted by atomic mass is 127. The van der Waals surface area contributed by atoms with Crippen molar-refractivity contribution in [3.05, 3.63) is 59.2 Å². The number of halogens is 1. The van der Waals surface area contributed by atoms with E-state index in [0.717, 1.165) is 24.6 Å². The fourth-order valence-corrected chi connectivity index (χ4v) is 2.59.